The van der Waals surface area contributed by atoms with Crippen molar-refractivity contribution in [3.8, 4) is 0 Å². The maximum absolute atomic E-state index is 10.8. The van der Waals surface area contributed by atoms with Crippen LogP contribution >= 0.6 is 0 Å². The second-order valence-corrected chi connectivity index (χ2v) is 7.06. The highest BCUT2D eigenvalue weighted by Crippen LogP contribution is 2.14. The largest absolute Gasteiger partial charge is 0.444 e. The fourth-order valence-corrected chi connectivity index (χ4v) is 3.09. The highest BCUT2D eigenvalue weighted by Gasteiger charge is 2.12. The van der Waals surface area contributed by atoms with Crippen molar-refractivity contribution in [3.05, 3.63) is 10.1 Å². The number of unbranched alkanes of at least 4 members (excludes halogenated alkanes) is 16. The third kappa shape index (κ3) is 17.4. The summed E-state index contributed by atoms with van der Waals surface area (Å²) in [6, 6.07) is 0. The standard InChI is InChI=1S/C20H39NO3/c1-2-3-4-5-6-7-8-9-10-11-12-13-14-15-16-17-18-19-20(22)21(23)24/h2-19H2,1H3. The van der Waals surface area contributed by atoms with Crippen molar-refractivity contribution in [1.82, 2.24) is 0 Å². The quantitative estimate of drug-likeness (QED) is 0.156. The highest BCUT2D eigenvalue weighted by atomic mass is 16.6. The number of rotatable bonds is 18. The molecule has 4 heteroatoms. The van der Waals surface area contributed by atoms with Crippen LogP contribution in [0.3, 0.4) is 0 Å². The molecule has 0 bridgehead atoms. The smallest absolute Gasteiger partial charge is 0.256 e. The lowest BCUT2D eigenvalue weighted by atomic mass is 10.0. The predicted octanol–water partition coefficient (Wildman–Crippen LogP) is 6.83. The number of nitro groups is 1. The van der Waals surface area contributed by atoms with Gasteiger partial charge in [-0.25, -0.2) is 4.79 Å². The van der Waals surface area contributed by atoms with Gasteiger partial charge in [-0.15, -0.1) is 0 Å². The maximum Gasteiger partial charge on any atom is 0.444 e. The van der Waals surface area contributed by atoms with Crippen molar-refractivity contribution in [2.24, 2.45) is 0 Å². The van der Waals surface area contributed by atoms with Gasteiger partial charge in [-0.2, -0.15) is 0 Å². The van der Waals surface area contributed by atoms with Crippen LogP contribution in [0.2, 0.25) is 0 Å². The van der Waals surface area contributed by atoms with Crippen LogP contribution in [0.25, 0.3) is 0 Å². The van der Waals surface area contributed by atoms with E-state index in [-0.39, 0.29) is 6.42 Å². The monoisotopic (exact) mass is 341 g/mol. The molecule has 0 heterocycles. The first-order valence-electron chi connectivity index (χ1n) is 10.4. The van der Waals surface area contributed by atoms with Crippen molar-refractivity contribution in [2.45, 2.75) is 122 Å². The number of carbonyl (C=O) groups is 1. The topological polar surface area (TPSA) is 60.2 Å². The molecule has 24 heavy (non-hydrogen) atoms. The summed E-state index contributed by atoms with van der Waals surface area (Å²) < 4.78 is 0. The minimum Gasteiger partial charge on any atom is -0.256 e. The Kier molecular flexibility index (Phi) is 17.7. The molecule has 0 saturated carbocycles. The van der Waals surface area contributed by atoms with Crippen molar-refractivity contribution in [1.29, 1.82) is 0 Å². The van der Waals surface area contributed by atoms with E-state index in [0.717, 1.165) is 12.8 Å². The Bertz CT molecular complexity index is 305. The highest BCUT2D eigenvalue weighted by molar-refractivity contribution is 5.66. The van der Waals surface area contributed by atoms with Gasteiger partial charge in [-0.05, 0) is 6.42 Å². The average molecular weight is 342 g/mol. The molecular weight excluding hydrogens is 302 g/mol. The molecule has 0 unspecified atom stereocenters. The van der Waals surface area contributed by atoms with Crippen molar-refractivity contribution in [2.75, 3.05) is 0 Å². The van der Waals surface area contributed by atoms with Crippen LogP contribution in [-0.2, 0) is 4.79 Å². The Morgan fingerprint density at radius 3 is 1.21 bits per heavy atom. The molecule has 0 saturated heterocycles. The Morgan fingerprint density at radius 1 is 0.625 bits per heavy atom. The van der Waals surface area contributed by atoms with E-state index in [0.29, 0.717) is 6.42 Å². The van der Waals surface area contributed by atoms with E-state index in [1.165, 1.54) is 89.9 Å². The van der Waals surface area contributed by atoms with Crippen LogP contribution in [0.4, 0.5) is 0 Å². The Balaban J connectivity index is 3.05. The summed E-state index contributed by atoms with van der Waals surface area (Å²) in [5, 5.41) is 10.2. The zero-order valence-corrected chi connectivity index (χ0v) is 15.9. The Labute approximate surface area is 148 Å². The number of hydrogen-bond acceptors (Lipinski definition) is 3. The maximum atomic E-state index is 10.8. The van der Waals surface area contributed by atoms with E-state index in [2.05, 4.69) is 6.92 Å². The zero-order chi connectivity index (χ0) is 17.9. The zero-order valence-electron chi connectivity index (χ0n) is 15.9. The van der Waals surface area contributed by atoms with Gasteiger partial charge in [-0.3, -0.25) is 10.1 Å². The minimum atomic E-state index is -0.837. The van der Waals surface area contributed by atoms with Gasteiger partial charge in [0.15, 0.2) is 0 Å². The molecule has 1 amide bonds. The van der Waals surface area contributed by atoms with E-state index in [1.54, 1.807) is 0 Å². The molecule has 0 fully saturated rings. The fourth-order valence-electron chi connectivity index (χ4n) is 3.09. The summed E-state index contributed by atoms with van der Waals surface area (Å²) in [5.74, 6) is -0.837. The molecule has 0 aromatic rings. The fraction of sp³-hybridized carbons (Fsp3) is 0.950. The van der Waals surface area contributed by atoms with Crippen LogP contribution in [0.15, 0.2) is 0 Å². The van der Waals surface area contributed by atoms with E-state index >= 15 is 0 Å². The van der Waals surface area contributed by atoms with Gasteiger partial charge in [0, 0.05) is 0 Å². The second-order valence-electron chi connectivity index (χ2n) is 7.06. The van der Waals surface area contributed by atoms with Crippen molar-refractivity contribution in [3.63, 3.8) is 0 Å². The molecule has 0 aromatic heterocycles. The van der Waals surface area contributed by atoms with Crippen LogP contribution in [0, 0.1) is 10.1 Å². The third-order valence-electron chi connectivity index (χ3n) is 4.70. The summed E-state index contributed by atoms with van der Waals surface area (Å²) >= 11 is 0. The van der Waals surface area contributed by atoms with E-state index in [4.69, 9.17) is 0 Å². The second kappa shape index (κ2) is 18.4. The number of nitrogens with zero attached hydrogens (tertiary/aromatic N) is 1. The molecule has 0 aromatic carbocycles. The van der Waals surface area contributed by atoms with Crippen LogP contribution in [0.5, 0.6) is 0 Å². The van der Waals surface area contributed by atoms with Gasteiger partial charge >= 0.3 is 5.91 Å². The minimum absolute atomic E-state index is 0.103. The van der Waals surface area contributed by atoms with Crippen molar-refractivity contribution < 1.29 is 9.72 Å². The first-order chi connectivity index (χ1) is 11.7. The van der Waals surface area contributed by atoms with Crippen molar-refractivity contribution >= 4 is 5.91 Å². The lowest BCUT2D eigenvalue weighted by molar-refractivity contribution is -0.402. The van der Waals surface area contributed by atoms with Gasteiger partial charge in [-0.1, -0.05) is 110 Å². The van der Waals surface area contributed by atoms with E-state index < -0.39 is 10.8 Å². The van der Waals surface area contributed by atoms with Gasteiger partial charge < -0.3 is 0 Å². The average Bonchev–Trinajstić information content (AvgIpc) is 2.57. The SMILES string of the molecule is CCCCCCCCCCCCCCCCCCCC(=O)[N+](=O)[O-]. The third-order valence-corrected chi connectivity index (χ3v) is 4.70. The first-order valence-corrected chi connectivity index (χ1v) is 10.4. The predicted molar refractivity (Wildman–Crippen MR) is 101 cm³/mol. The van der Waals surface area contributed by atoms with Gasteiger partial charge in [0.1, 0.15) is 4.92 Å². The lowest BCUT2D eigenvalue weighted by Gasteiger charge is -2.03. The molecule has 0 spiro atoms. The lowest BCUT2D eigenvalue weighted by Crippen LogP contribution is -2.10. The molecule has 0 radical (unpaired) electrons. The van der Waals surface area contributed by atoms with Crippen LogP contribution < -0.4 is 0 Å². The number of hydrogen-bond donors (Lipinski definition) is 0. The molecule has 0 aliphatic heterocycles. The van der Waals surface area contributed by atoms with Crippen LogP contribution in [0.1, 0.15) is 122 Å². The molecule has 0 atom stereocenters. The van der Waals surface area contributed by atoms with E-state index in [1.807, 2.05) is 0 Å². The molecule has 142 valence electrons. The van der Waals surface area contributed by atoms with Gasteiger partial charge in [0.25, 0.3) is 0 Å². The Hall–Kier alpha value is -0.930. The normalized spacial score (nSPS) is 10.9. The van der Waals surface area contributed by atoms with Gasteiger partial charge in [0.05, 0.1) is 6.42 Å². The molecule has 4 nitrogen and oxygen atoms in total. The van der Waals surface area contributed by atoms with Gasteiger partial charge in [0.2, 0.25) is 0 Å². The summed E-state index contributed by atoms with van der Waals surface area (Å²) in [5.41, 5.74) is 0. The summed E-state index contributed by atoms with van der Waals surface area (Å²) in [6.45, 7) is 2.27. The molecule has 0 rings (SSSR count). The summed E-state index contributed by atoms with van der Waals surface area (Å²) in [6.07, 6.45) is 21.9. The van der Waals surface area contributed by atoms with E-state index in [9.17, 15) is 14.9 Å². The summed E-state index contributed by atoms with van der Waals surface area (Å²) in [4.78, 5) is 20.2. The molecule has 0 aliphatic rings. The number of carbonyl (C=O) groups excluding carboxylic acids is 1. The Morgan fingerprint density at radius 2 is 0.917 bits per heavy atom. The first kappa shape index (κ1) is 23.1. The molecule has 0 aliphatic carbocycles. The number of amides is 1. The van der Waals surface area contributed by atoms with Crippen LogP contribution in [-0.4, -0.2) is 10.8 Å². The molecular formula is C20H39NO3. The summed E-state index contributed by atoms with van der Waals surface area (Å²) in [7, 11) is 0. The molecule has 0 N–H and O–H groups in total.